The van der Waals surface area contributed by atoms with Gasteiger partial charge in [0.25, 0.3) is 0 Å². The summed E-state index contributed by atoms with van der Waals surface area (Å²) in [7, 11) is 0. The fourth-order valence-electron chi connectivity index (χ4n) is 6.10. The molecule has 2 aromatic rings. The predicted molar refractivity (Wildman–Crippen MR) is 183 cm³/mol. The monoisotopic (exact) mass is 740 g/mol. The molecule has 0 spiro atoms. The molecule has 2 aliphatic rings. The highest BCUT2D eigenvalue weighted by molar-refractivity contribution is 5.88. The smallest absolute Gasteiger partial charge is 0.407 e. The van der Waals surface area contributed by atoms with Gasteiger partial charge in [-0.2, -0.15) is 0 Å². The van der Waals surface area contributed by atoms with Crippen molar-refractivity contribution < 1.29 is 66.7 Å². The fourth-order valence-corrected chi connectivity index (χ4v) is 6.10. The molecule has 1 aliphatic heterocycles. The molecule has 53 heavy (non-hydrogen) atoms. The maximum atomic E-state index is 13.6. The highest BCUT2D eigenvalue weighted by atomic mass is 16.7. The van der Waals surface area contributed by atoms with Crippen LogP contribution >= 0.6 is 0 Å². The van der Waals surface area contributed by atoms with Gasteiger partial charge in [-0.3, -0.25) is 24.0 Å². The van der Waals surface area contributed by atoms with Crippen LogP contribution < -0.4 is 10.6 Å². The summed E-state index contributed by atoms with van der Waals surface area (Å²) in [6.07, 6.45) is -9.22. The first kappa shape index (κ1) is 40.3. The normalized spacial score (nSPS) is 21.1. The van der Waals surface area contributed by atoms with E-state index in [4.69, 9.17) is 33.2 Å². The van der Waals surface area contributed by atoms with Gasteiger partial charge in [0, 0.05) is 33.6 Å². The second kappa shape index (κ2) is 17.3. The zero-order valence-corrected chi connectivity index (χ0v) is 30.5. The van der Waals surface area contributed by atoms with Gasteiger partial charge in [0.1, 0.15) is 31.0 Å². The van der Waals surface area contributed by atoms with Crippen LogP contribution in [-0.2, 0) is 61.9 Å². The molecule has 6 atom stereocenters. The molecule has 0 unspecified atom stereocenters. The molecule has 2 aromatic carbocycles. The minimum absolute atomic E-state index is 0.0716. The van der Waals surface area contributed by atoms with Crippen molar-refractivity contribution in [1.29, 1.82) is 0 Å². The average molecular weight is 741 g/mol. The number of fused-ring (bicyclic) bond motifs is 3. The SMILES string of the molecule is CC(=O)OC[C@H]1O[C@@H](NC(=O)C[C@H](NC(=O)OCC2c3ccccc3-c3ccccc32)C(=O)OC(C)(C)C)[C@@H](OC(C)=O)[C@@H](OC(C)=O)[C@@H]1OC(C)=O. The van der Waals surface area contributed by atoms with E-state index in [1.54, 1.807) is 20.8 Å². The summed E-state index contributed by atoms with van der Waals surface area (Å²) in [5.74, 6) is -5.44. The number of esters is 5. The number of ether oxygens (including phenoxy) is 7. The lowest BCUT2D eigenvalue weighted by atomic mass is 9.97. The Morgan fingerprint density at radius 2 is 1.23 bits per heavy atom. The third-order valence-corrected chi connectivity index (χ3v) is 8.01. The molecule has 1 heterocycles. The van der Waals surface area contributed by atoms with Crippen molar-refractivity contribution in [2.45, 2.75) is 103 Å². The van der Waals surface area contributed by atoms with Crippen molar-refractivity contribution in [2.24, 2.45) is 0 Å². The Morgan fingerprint density at radius 3 is 1.75 bits per heavy atom. The van der Waals surface area contributed by atoms with Crippen molar-refractivity contribution >= 4 is 41.8 Å². The summed E-state index contributed by atoms with van der Waals surface area (Å²) in [6, 6.07) is 13.9. The molecule has 1 aliphatic carbocycles. The number of rotatable bonds is 12. The molecule has 2 amide bonds. The van der Waals surface area contributed by atoms with E-state index < -0.39 is 97.2 Å². The summed E-state index contributed by atoms with van der Waals surface area (Å²) in [5, 5.41) is 4.90. The highest BCUT2D eigenvalue weighted by Gasteiger charge is 2.53. The van der Waals surface area contributed by atoms with E-state index in [1.807, 2.05) is 48.5 Å². The van der Waals surface area contributed by atoms with Crippen LogP contribution in [0.15, 0.2) is 48.5 Å². The number of benzene rings is 2. The minimum Gasteiger partial charge on any atom is -0.463 e. The number of hydrogen-bond donors (Lipinski definition) is 2. The Labute approximate surface area is 306 Å². The van der Waals surface area contributed by atoms with Gasteiger partial charge >= 0.3 is 35.9 Å². The van der Waals surface area contributed by atoms with E-state index in [0.29, 0.717) is 0 Å². The van der Waals surface area contributed by atoms with Crippen LogP contribution in [0, 0.1) is 0 Å². The third kappa shape index (κ3) is 11.0. The van der Waals surface area contributed by atoms with Crippen molar-refractivity contribution in [3.8, 4) is 11.1 Å². The molecule has 16 heteroatoms. The van der Waals surface area contributed by atoms with Crippen molar-refractivity contribution in [3.63, 3.8) is 0 Å². The Balaban J connectivity index is 1.54. The van der Waals surface area contributed by atoms with Gasteiger partial charge in [0.15, 0.2) is 24.5 Å². The lowest BCUT2D eigenvalue weighted by molar-refractivity contribution is -0.257. The van der Waals surface area contributed by atoms with E-state index in [0.717, 1.165) is 49.9 Å². The molecular formula is C37H44N2O14. The van der Waals surface area contributed by atoms with E-state index in [2.05, 4.69) is 10.6 Å². The van der Waals surface area contributed by atoms with Crippen LogP contribution in [0.3, 0.4) is 0 Å². The molecule has 1 fully saturated rings. The zero-order chi connectivity index (χ0) is 39.0. The average Bonchev–Trinajstić information content (AvgIpc) is 3.37. The second-order valence-electron chi connectivity index (χ2n) is 13.4. The van der Waals surface area contributed by atoms with Gasteiger partial charge in [-0.15, -0.1) is 0 Å². The van der Waals surface area contributed by atoms with E-state index in [1.165, 1.54) is 0 Å². The Bertz CT molecular complexity index is 1670. The van der Waals surface area contributed by atoms with Crippen LogP contribution in [-0.4, -0.2) is 97.3 Å². The second-order valence-corrected chi connectivity index (χ2v) is 13.4. The quantitative estimate of drug-likeness (QED) is 0.237. The van der Waals surface area contributed by atoms with Crippen molar-refractivity contribution in [2.75, 3.05) is 13.2 Å². The summed E-state index contributed by atoms with van der Waals surface area (Å²) >= 11 is 0. The lowest BCUT2D eigenvalue weighted by Crippen LogP contribution is -2.66. The highest BCUT2D eigenvalue weighted by Crippen LogP contribution is 2.44. The van der Waals surface area contributed by atoms with Crippen LogP contribution in [0.5, 0.6) is 0 Å². The van der Waals surface area contributed by atoms with E-state index in [-0.39, 0.29) is 12.5 Å². The predicted octanol–water partition coefficient (Wildman–Crippen LogP) is 2.82. The molecule has 16 nitrogen and oxygen atoms in total. The molecule has 0 radical (unpaired) electrons. The molecule has 0 bridgehead atoms. The van der Waals surface area contributed by atoms with Gasteiger partial charge in [-0.05, 0) is 43.0 Å². The molecular weight excluding hydrogens is 696 g/mol. The van der Waals surface area contributed by atoms with Gasteiger partial charge in [0.05, 0.1) is 6.42 Å². The maximum Gasteiger partial charge on any atom is 0.407 e. The maximum absolute atomic E-state index is 13.6. The standard InChI is InChI=1S/C37H44N2O14/c1-19(40)47-18-29-31(49-20(2)41)32(50-21(3)42)33(51-22(4)43)34(52-29)39-30(44)16-28(35(45)53-37(5,6)7)38-36(46)48-17-27-25-14-10-8-12-23(25)24-13-9-11-15-26(24)27/h8-15,27-29,31-34H,16-18H2,1-7H3,(H,38,46)(H,39,44)/t28-,29+,31+,32-,33-,34+/m0/s1. The van der Waals surface area contributed by atoms with Crippen molar-refractivity contribution in [1.82, 2.24) is 10.6 Å². The molecule has 0 aromatic heterocycles. The molecule has 1 saturated heterocycles. The molecule has 2 N–H and O–H groups in total. The molecule has 286 valence electrons. The summed E-state index contributed by atoms with van der Waals surface area (Å²) < 4.78 is 38.2. The summed E-state index contributed by atoms with van der Waals surface area (Å²) in [6.45, 7) is 8.52. The Morgan fingerprint density at radius 1 is 0.698 bits per heavy atom. The Kier molecular flexibility index (Phi) is 13.2. The number of nitrogens with one attached hydrogen (secondary N) is 2. The molecule has 4 rings (SSSR count). The van der Waals surface area contributed by atoms with Crippen LogP contribution in [0.25, 0.3) is 11.1 Å². The number of hydrogen-bond acceptors (Lipinski definition) is 14. The van der Waals surface area contributed by atoms with Gasteiger partial charge in [0.2, 0.25) is 5.91 Å². The first-order chi connectivity index (χ1) is 24.9. The van der Waals surface area contributed by atoms with E-state index in [9.17, 15) is 33.6 Å². The summed E-state index contributed by atoms with van der Waals surface area (Å²) in [5.41, 5.74) is 2.96. The van der Waals surface area contributed by atoms with Gasteiger partial charge in [-0.1, -0.05) is 48.5 Å². The zero-order valence-electron chi connectivity index (χ0n) is 30.5. The number of carbonyl (C=O) groups excluding carboxylic acids is 7. The topological polar surface area (TPSA) is 208 Å². The van der Waals surface area contributed by atoms with E-state index >= 15 is 0 Å². The van der Waals surface area contributed by atoms with Crippen LogP contribution in [0.4, 0.5) is 4.79 Å². The minimum atomic E-state index is -1.60. The van der Waals surface area contributed by atoms with Crippen LogP contribution in [0.2, 0.25) is 0 Å². The number of alkyl carbamates (subject to hydrolysis) is 1. The van der Waals surface area contributed by atoms with Gasteiger partial charge < -0.3 is 43.8 Å². The first-order valence-corrected chi connectivity index (χ1v) is 16.9. The lowest BCUT2D eigenvalue weighted by Gasteiger charge is -2.44. The molecule has 0 saturated carbocycles. The first-order valence-electron chi connectivity index (χ1n) is 16.9. The van der Waals surface area contributed by atoms with Crippen LogP contribution in [0.1, 0.15) is 71.9 Å². The largest absolute Gasteiger partial charge is 0.463 e. The fraction of sp³-hybridized carbons (Fsp3) is 0.486. The van der Waals surface area contributed by atoms with Gasteiger partial charge in [-0.25, -0.2) is 9.59 Å². The third-order valence-electron chi connectivity index (χ3n) is 8.01. The number of amides is 2. The number of carbonyl (C=O) groups is 7. The van der Waals surface area contributed by atoms with Crippen molar-refractivity contribution in [3.05, 3.63) is 59.7 Å². The summed E-state index contributed by atoms with van der Waals surface area (Å²) in [4.78, 5) is 88.1. The Hall–Kier alpha value is -5.51.